The van der Waals surface area contributed by atoms with Gasteiger partial charge in [0, 0.05) is 18.2 Å². The lowest BCUT2D eigenvalue weighted by Crippen LogP contribution is -2.40. The van der Waals surface area contributed by atoms with Crippen LogP contribution >= 0.6 is 11.6 Å². The van der Waals surface area contributed by atoms with E-state index in [2.05, 4.69) is 72.1 Å². The molecule has 7 heteroatoms. The van der Waals surface area contributed by atoms with Crippen LogP contribution in [0.5, 0.6) is 0 Å². The van der Waals surface area contributed by atoms with Gasteiger partial charge >= 0.3 is 6.18 Å². The van der Waals surface area contributed by atoms with Crippen molar-refractivity contribution in [2.45, 2.75) is 57.7 Å². The summed E-state index contributed by atoms with van der Waals surface area (Å²) in [6.45, 7) is 7.10. The van der Waals surface area contributed by atoms with Gasteiger partial charge in [-0.2, -0.15) is 13.2 Å². The minimum absolute atomic E-state index is 0.160. The first kappa shape index (κ1) is 23.0. The molecule has 1 aromatic heterocycles. The molecule has 0 bridgehead atoms. The van der Waals surface area contributed by atoms with Gasteiger partial charge in [0.15, 0.2) is 0 Å². The first-order valence-electron chi connectivity index (χ1n) is 11.5. The Labute approximate surface area is 202 Å². The molecule has 1 radical (unpaired) electrons. The van der Waals surface area contributed by atoms with Gasteiger partial charge < -0.3 is 9.88 Å². The monoisotopic (exact) mass is 484 g/mol. The van der Waals surface area contributed by atoms with Crippen molar-refractivity contribution >= 4 is 22.6 Å². The molecular formula is C27H26ClF3N3. The van der Waals surface area contributed by atoms with Crippen LogP contribution in [0.15, 0.2) is 53.7 Å². The molecule has 2 atom stereocenters. The van der Waals surface area contributed by atoms with Crippen molar-refractivity contribution in [2.75, 3.05) is 6.54 Å². The molecule has 177 valence electrons. The second kappa shape index (κ2) is 8.19. The zero-order valence-corrected chi connectivity index (χ0v) is 20.1. The Morgan fingerprint density at radius 1 is 1.18 bits per heavy atom. The third-order valence-electron chi connectivity index (χ3n) is 7.12. The lowest BCUT2D eigenvalue weighted by molar-refractivity contribution is -0.137. The van der Waals surface area contributed by atoms with Crippen LogP contribution in [-0.4, -0.2) is 21.4 Å². The van der Waals surface area contributed by atoms with E-state index >= 15 is 0 Å². The smallest absolute Gasteiger partial charge is 0.358 e. The predicted molar refractivity (Wildman–Crippen MR) is 128 cm³/mol. The zero-order chi connectivity index (χ0) is 24.3. The number of halogens is 4. The Kier molecular flexibility index (Phi) is 5.55. The molecule has 5 rings (SSSR count). The summed E-state index contributed by atoms with van der Waals surface area (Å²) in [5.74, 6) is 0.808. The van der Waals surface area contributed by atoms with Crippen molar-refractivity contribution in [2.24, 2.45) is 0 Å². The fraction of sp³-hybridized carbons (Fsp3) is 0.370. The number of nitrogens with one attached hydrogen (secondary N) is 1. The van der Waals surface area contributed by atoms with E-state index < -0.39 is 17.3 Å². The van der Waals surface area contributed by atoms with Gasteiger partial charge in [-0.3, -0.25) is 0 Å². The van der Waals surface area contributed by atoms with Crippen LogP contribution in [0.4, 0.5) is 13.2 Å². The summed E-state index contributed by atoms with van der Waals surface area (Å²) in [5, 5.41) is -0.327. The molecule has 2 aliphatic rings. The van der Waals surface area contributed by atoms with Gasteiger partial charge in [0.2, 0.25) is 0 Å². The van der Waals surface area contributed by atoms with Crippen LogP contribution in [0.1, 0.15) is 61.5 Å². The Morgan fingerprint density at radius 2 is 1.91 bits per heavy atom. The number of likely N-dealkylation sites (tertiary alicyclic amines) is 1. The molecule has 3 aromatic rings. The molecule has 1 aliphatic heterocycles. The lowest BCUT2D eigenvalue weighted by Gasteiger charge is -2.39. The SMILES string of the molecule is CC1=CCC(c2ccc(C)cc2)[C]=C1N1CCC[C@@]1(C)c1nc2cc(C(F)(F)F)c(Cl)cc2[nH]1. The summed E-state index contributed by atoms with van der Waals surface area (Å²) in [4.78, 5) is 10.2. The van der Waals surface area contributed by atoms with E-state index in [1.165, 1.54) is 17.2 Å². The standard InChI is InChI=1S/C27H26ClF3N3/c1-16-5-8-18(9-6-16)19-10-7-17(2)24(13-19)34-12-4-11-26(34,3)25-32-22-14-20(27(29,30)31)21(28)15-23(22)33-25/h5-9,14-15,19H,4,10-12H2,1-3H3,(H,32,33)/t19?,26-/m0/s1. The number of imidazole rings is 1. The highest BCUT2D eigenvalue weighted by molar-refractivity contribution is 6.32. The van der Waals surface area contributed by atoms with Crippen molar-refractivity contribution in [3.05, 3.63) is 87.4 Å². The average molecular weight is 485 g/mol. The van der Waals surface area contributed by atoms with Gasteiger partial charge in [-0.25, -0.2) is 4.98 Å². The number of allylic oxidation sites excluding steroid dienone is 3. The number of alkyl halides is 3. The van der Waals surface area contributed by atoms with E-state index in [4.69, 9.17) is 11.6 Å². The molecule has 1 N–H and O–H groups in total. The first-order valence-corrected chi connectivity index (χ1v) is 11.9. The molecule has 2 heterocycles. The number of hydrogen-bond acceptors (Lipinski definition) is 2. The van der Waals surface area contributed by atoms with Crippen LogP contribution in [0.3, 0.4) is 0 Å². The maximum Gasteiger partial charge on any atom is 0.417 e. The van der Waals surface area contributed by atoms with Crippen LogP contribution in [0.2, 0.25) is 5.02 Å². The fourth-order valence-corrected chi connectivity index (χ4v) is 5.38. The molecule has 0 saturated carbocycles. The molecule has 1 saturated heterocycles. The number of H-pyrrole nitrogens is 1. The Balaban J connectivity index is 1.54. The number of aromatic amines is 1. The Hall–Kier alpha value is -2.73. The minimum atomic E-state index is -4.53. The number of benzene rings is 2. The third-order valence-corrected chi connectivity index (χ3v) is 7.43. The summed E-state index contributed by atoms with van der Waals surface area (Å²) < 4.78 is 40.1. The Morgan fingerprint density at radius 3 is 2.62 bits per heavy atom. The summed E-state index contributed by atoms with van der Waals surface area (Å²) >= 11 is 5.95. The number of aromatic nitrogens is 2. The maximum atomic E-state index is 13.4. The predicted octanol–water partition coefficient (Wildman–Crippen LogP) is 7.68. The lowest BCUT2D eigenvalue weighted by atomic mass is 9.87. The van der Waals surface area contributed by atoms with Gasteiger partial charge in [-0.15, -0.1) is 0 Å². The summed E-state index contributed by atoms with van der Waals surface area (Å²) in [6, 6.07) is 10.9. The van der Waals surface area contributed by atoms with Gasteiger partial charge in [-0.1, -0.05) is 47.5 Å². The zero-order valence-electron chi connectivity index (χ0n) is 19.4. The van der Waals surface area contributed by atoms with Crippen molar-refractivity contribution in [1.82, 2.24) is 14.9 Å². The van der Waals surface area contributed by atoms with E-state index in [0.29, 0.717) is 11.3 Å². The highest BCUT2D eigenvalue weighted by Crippen LogP contribution is 2.45. The largest absolute Gasteiger partial charge is 0.417 e. The number of hydrogen-bond donors (Lipinski definition) is 1. The summed E-state index contributed by atoms with van der Waals surface area (Å²) in [5.41, 5.74) is 4.08. The van der Waals surface area contributed by atoms with Gasteiger partial charge in [0.05, 0.1) is 27.2 Å². The number of aryl methyl sites for hydroxylation is 1. The molecular weight excluding hydrogens is 459 g/mol. The van der Waals surface area contributed by atoms with Crippen molar-refractivity contribution in [3.8, 4) is 0 Å². The van der Waals surface area contributed by atoms with Crippen molar-refractivity contribution in [3.63, 3.8) is 0 Å². The molecule has 34 heavy (non-hydrogen) atoms. The number of rotatable bonds is 3. The van der Waals surface area contributed by atoms with Gasteiger partial charge in [-0.05, 0) is 69.4 Å². The van der Waals surface area contributed by atoms with E-state index in [0.717, 1.165) is 43.1 Å². The summed E-state index contributed by atoms with van der Waals surface area (Å²) in [6.07, 6.45) is 4.15. The van der Waals surface area contributed by atoms with Crippen LogP contribution in [0, 0.1) is 13.0 Å². The first-order chi connectivity index (χ1) is 16.1. The highest BCUT2D eigenvalue weighted by atomic mass is 35.5. The fourth-order valence-electron chi connectivity index (χ4n) is 5.11. The second-order valence-electron chi connectivity index (χ2n) is 9.54. The van der Waals surface area contributed by atoms with Crippen molar-refractivity contribution in [1.29, 1.82) is 0 Å². The van der Waals surface area contributed by atoms with Crippen LogP contribution in [-0.2, 0) is 11.7 Å². The number of nitrogens with zero attached hydrogens (tertiary/aromatic N) is 2. The normalized spacial score (nSPS) is 23.4. The average Bonchev–Trinajstić information content (AvgIpc) is 3.37. The van der Waals surface area contributed by atoms with E-state index in [-0.39, 0.29) is 16.5 Å². The van der Waals surface area contributed by atoms with E-state index in [1.54, 1.807) is 0 Å². The molecule has 0 spiro atoms. The quantitative estimate of drug-likeness (QED) is 0.413. The molecule has 0 amide bonds. The molecule has 2 aromatic carbocycles. The van der Waals surface area contributed by atoms with Gasteiger partial charge in [0.25, 0.3) is 0 Å². The molecule has 1 unspecified atom stereocenters. The topological polar surface area (TPSA) is 31.9 Å². The molecule has 3 nitrogen and oxygen atoms in total. The molecule has 1 fully saturated rings. The highest BCUT2D eigenvalue weighted by Gasteiger charge is 2.43. The molecule has 1 aliphatic carbocycles. The third kappa shape index (κ3) is 3.92. The van der Waals surface area contributed by atoms with Crippen molar-refractivity contribution < 1.29 is 13.2 Å². The van der Waals surface area contributed by atoms with Crippen LogP contribution < -0.4 is 0 Å². The number of fused-ring (bicyclic) bond motifs is 1. The van der Waals surface area contributed by atoms with Gasteiger partial charge in [0.1, 0.15) is 5.82 Å². The van der Waals surface area contributed by atoms with E-state index in [1.807, 2.05) is 0 Å². The second-order valence-corrected chi connectivity index (χ2v) is 9.95. The maximum absolute atomic E-state index is 13.4. The van der Waals surface area contributed by atoms with Crippen LogP contribution in [0.25, 0.3) is 11.0 Å². The minimum Gasteiger partial charge on any atom is -0.358 e. The van der Waals surface area contributed by atoms with E-state index in [9.17, 15) is 13.2 Å². The Bertz CT molecular complexity index is 1300. The summed E-state index contributed by atoms with van der Waals surface area (Å²) in [7, 11) is 0.